The fourth-order valence-electron chi connectivity index (χ4n) is 1.79. The Hall–Kier alpha value is -1.16. The number of thiophene rings is 1. The Kier molecular flexibility index (Phi) is 3.69. The molecule has 2 aromatic carbocycles. The van der Waals surface area contributed by atoms with E-state index in [4.69, 9.17) is 11.6 Å². The van der Waals surface area contributed by atoms with E-state index in [0.29, 0.717) is 0 Å². The van der Waals surface area contributed by atoms with E-state index in [-0.39, 0.29) is 0 Å². The van der Waals surface area contributed by atoms with Crippen LogP contribution in [0.5, 0.6) is 0 Å². The Balaban J connectivity index is 1.82. The molecule has 96 valence electrons. The molecule has 0 aliphatic carbocycles. The molecule has 0 radical (unpaired) electrons. The predicted molar refractivity (Wildman–Crippen MR) is 87.5 cm³/mol. The predicted octanol–water partition coefficient (Wildman–Crippen LogP) is 5.98. The van der Waals surface area contributed by atoms with Crippen molar-refractivity contribution < 1.29 is 0 Å². The van der Waals surface area contributed by atoms with Gasteiger partial charge in [0.25, 0.3) is 0 Å². The van der Waals surface area contributed by atoms with Gasteiger partial charge in [-0.15, -0.1) is 11.3 Å². The largest absolute Gasteiger partial charge is 0.316 e. The van der Waals surface area contributed by atoms with Crippen molar-refractivity contribution in [1.29, 1.82) is 0 Å². The maximum atomic E-state index is 6.38. The Morgan fingerprint density at radius 1 is 1.05 bits per heavy atom. The summed E-state index contributed by atoms with van der Waals surface area (Å²) >= 11 is 9.65. The first-order valence-electron chi connectivity index (χ1n) is 5.90. The number of rotatable bonds is 3. The first-order chi connectivity index (χ1) is 9.24. The summed E-state index contributed by atoms with van der Waals surface area (Å²) in [4.78, 5) is 1.18. The van der Waals surface area contributed by atoms with Crippen LogP contribution in [0.3, 0.4) is 0 Å². The van der Waals surface area contributed by atoms with Crippen LogP contribution in [0.4, 0.5) is 5.00 Å². The summed E-state index contributed by atoms with van der Waals surface area (Å²) in [5.41, 5.74) is 1.27. The molecular formula is C15H12ClNS2. The topological polar surface area (TPSA) is 12.0 Å². The first kappa shape index (κ1) is 12.9. The zero-order chi connectivity index (χ0) is 13.2. The van der Waals surface area contributed by atoms with E-state index in [2.05, 4.69) is 48.0 Å². The highest BCUT2D eigenvalue weighted by Crippen LogP contribution is 2.41. The van der Waals surface area contributed by atoms with Gasteiger partial charge in [-0.1, -0.05) is 47.5 Å². The molecule has 1 heterocycles. The molecule has 0 fully saturated rings. The van der Waals surface area contributed by atoms with Crippen LogP contribution in [0, 0.1) is 6.92 Å². The molecular weight excluding hydrogens is 294 g/mol. The van der Waals surface area contributed by atoms with Crippen molar-refractivity contribution in [2.24, 2.45) is 0 Å². The normalized spacial score (nSPS) is 10.8. The molecule has 0 aliphatic heterocycles. The standard InChI is InChI=1S/C15H12ClNS2/c1-10-6-8-11(9-7-10)19-17-15-14(16)12-4-2-3-5-13(12)18-15/h2-9,17H,1H3. The van der Waals surface area contributed by atoms with Gasteiger partial charge in [-0.25, -0.2) is 0 Å². The molecule has 1 aromatic heterocycles. The highest BCUT2D eigenvalue weighted by Gasteiger charge is 2.09. The molecule has 0 saturated carbocycles. The minimum Gasteiger partial charge on any atom is -0.316 e. The van der Waals surface area contributed by atoms with Gasteiger partial charge >= 0.3 is 0 Å². The van der Waals surface area contributed by atoms with Crippen molar-refractivity contribution >= 4 is 50.0 Å². The van der Waals surface area contributed by atoms with Gasteiger partial charge < -0.3 is 4.72 Å². The minimum atomic E-state index is 0.806. The summed E-state index contributed by atoms with van der Waals surface area (Å²) in [7, 11) is 0. The first-order valence-corrected chi connectivity index (χ1v) is 7.92. The molecule has 0 spiro atoms. The van der Waals surface area contributed by atoms with E-state index in [1.807, 2.05) is 12.1 Å². The van der Waals surface area contributed by atoms with Crippen molar-refractivity contribution in [3.05, 3.63) is 59.1 Å². The summed E-state index contributed by atoms with van der Waals surface area (Å²) in [6, 6.07) is 16.6. The zero-order valence-corrected chi connectivity index (χ0v) is 12.7. The average Bonchev–Trinajstić information content (AvgIpc) is 2.76. The lowest BCUT2D eigenvalue weighted by Gasteiger charge is -2.03. The van der Waals surface area contributed by atoms with Crippen molar-refractivity contribution in [3.63, 3.8) is 0 Å². The minimum absolute atomic E-state index is 0.806. The van der Waals surface area contributed by atoms with Crippen molar-refractivity contribution in [3.8, 4) is 0 Å². The second kappa shape index (κ2) is 5.45. The van der Waals surface area contributed by atoms with Crippen molar-refractivity contribution in [2.75, 3.05) is 4.72 Å². The van der Waals surface area contributed by atoms with Crippen LogP contribution >= 0.6 is 34.9 Å². The average molecular weight is 306 g/mol. The Morgan fingerprint density at radius 3 is 2.53 bits per heavy atom. The third kappa shape index (κ3) is 2.73. The van der Waals surface area contributed by atoms with E-state index in [1.54, 1.807) is 23.3 Å². The lowest BCUT2D eigenvalue weighted by Crippen LogP contribution is -1.83. The number of hydrogen-bond acceptors (Lipinski definition) is 3. The molecule has 0 aliphatic rings. The molecule has 3 rings (SSSR count). The number of anilines is 1. The third-order valence-corrected chi connectivity index (χ3v) is 5.35. The van der Waals surface area contributed by atoms with Crippen LogP contribution in [0.25, 0.3) is 10.1 Å². The van der Waals surface area contributed by atoms with Crippen LogP contribution in [-0.2, 0) is 0 Å². The van der Waals surface area contributed by atoms with Gasteiger partial charge in [-0.05, 0) is 37.1 Å². The zero-order valence-electron chi connectivity index (χ0n) is 10.3. The molecule has 0 atom stereocenters. The smallest absolute Gasteiger partial charge is 0.119 e. The monoisotopic (exact) mass is 305 g/mol. The van der Waals surface area contributed by atoms with Gasteiger partial charge in [0.15, 0.2) is 0 Å². The van der Waals surface area contributed by atoms with Crippen LogP contribution in [0.15, 0.2) is 53.4 Å². The molecule has 4 heteroatoms. The molecule has 0 saturated heterocycles. The van der Waals surface area contributed by atoms with Gasteiger partial charge in [-0.3, -0.25) is 0 Å². The molecule has 0 amide bonds. The molecule has 3 aromatic rings. The number of nitrogens with one attached hydrogen (secondary N) is 1. The summed E-state index contributed by atoms with van der Waals surface area (Å²) < 4.78 is 4.55. The molecule has 0 bridgehead atoms. The molecule has 1 N–H and O–H groups in total. The summed E-state index contributed by atoms with van der Waals surface area (Å²) in [5.74, 6) is 0. The maximum absolute atomic E-state index is 6.38. The highest BCUT2D eigenvalue weighted by atomic mass is 35.5. The van der Waals surface area contributed by atoms with Crippen molar-refractivity contribution in [2.45, 2.75) is 11.8 Å². The fraction of sp³-hybridized carbons (Fsp3) is 0.0667. The van der Waals surface area contributed by atoms with Gasteiger partial charge in [-0.2, -0.15) is 0 Å². The van der Waals surface area contributed by atoms with Gasteiger partial charge in [0.1, 0.15) is 5.00 Å². The number of benzene rings is 2. The highest BCUT2D eigenvalue weighted by molar-refractivity contribution is 8.00. The van der Waals surface area contributed by atoms with Crippen LogP contribution < -0.4 is 4.72 Å². The van der Waals surface area contributed by atoms with E-state index in [1.165, 1.54) is 15.2 Å². The van der Waals surface area contributed by atoms with Crippen molar-refractivity contribution in [1.82, 2.24) is 0 Å². The van der Waals surface area contributed by atoms with Crippen LogP contribution in [0.2, 0.25) is 5.02 Å². The van der Waals surface area contributed by atoms with Gasteiger partial charge in [0, 0.05) is 15.0 Å². The number of hydrogen-bond donors (Lipinski definition) is 1. The fourth-order valence-corrected chi connectivity index (χ4v) is 3.95. The van der Waals surface area contributed by atoms with E-state index in [9.17, 15) is 0 Å². The number of fused-ring (bicyclic) bond motifs is 1. The second-order valence-electron chi connectivity index (χ2n) is 4.26. The lowest BCUT2D eigenvalue weighted by atomic mass is 10.2. The van der Waals surface area contributed by atoms with E-state index < -0.39 is 0 Å². The number of halogens is 1. The summed E-state index contributed by atoms with van der Waals surface area (Å²) in [5, 5.41) is 2.93. The molecule has 19 heavy (non-hydrogen) atoms. The Labute approximate surface area is 125 Å². The quantitative estimate of drug-likeness (QED) is 0.597. The van der Waals surface area contributed by atoms with Gasteiger partial charge in [0.05, 0.1) is 5.02 Å². The Bertz CT molecular complexity index is 704. The second-order valence-corrected chi connectivity index (χ2v) is 6.57. The summed E-state index contributed by atoms with van der Waals surface area (Å²) in [6.45, 7) is 2.09. The van der Waals surface area contributed by atoms with E-state index in [0.717, 1.165) is 15.4 Å². The third-order valence-electron chi connectivity index (χ3n) is 2.82. The number of aryl methyl sites for hydroxylation is 1. The van der Waals surface area contributed by atoms with Gasteiger partial charge in [0.2, 0.25) is 0 Å². The van der Waals surface area contributed by atoms with Crippen LogP contribution in [-0.4, -0.2) is 0 Å². The summed E-state index contributed by atoms with van der Waals surface area (Å²) in [6.07, 6.45) is 0. The molecule has 1 nitrogen and oxygen atoms in total. The Morgan fingerprint density at radius 2 is 1.79 bits per heavy atom. The SMILES string of the molecule is Cc1ccc(SNc2sc3ccccc3c2Cl)cc1. The maximum Gasteiger partial charge on any atom is 0.119 e. The molecule has 0 unspecified atom stereocenters. The lowest BCUT2D eigenvalue weighted by molar-refractivity contribution is 1.38. The van der Waals surface area contributed by atoms with E-state index >= 15 is 0 Å². The van der Waals surface area contributed by atoms with Crippen LogP contribution in [0.1, 0.15) is 5.56 Å².